The predicted octanol–water partition coefficient (Wildman–Crippen LogP) is 2.94. The number of hydrogen-bond acceptors (Lipinski definition) is 1. The van der Waals surface area contributed by atoms with Crippen LogP contribution in [0.2, 0.25) is 0 Å². The Hall–Kier alpha value is -1.28. The van der Waals surface area contributed by atoms with Gasteiger partial charge in [-0.25, -0.2) is 0 Å². The maximum Gasteiger partial charge on any atom is 0.0483 e. The Balaban J connectivity index is 2.30. The molecule has 2 rings (SSSR count). The summed E-state index contributed by atoms with van der Waals surface area (Å²) in [5.74, 6) is 0. The van der Waals surface area contributed by atoms with Gasteiger partial charge in [-0.15, -0.1) is 0 Å². The lowest BCUT2D eigenvalue weighted by Crippen LogP contribution is -2.00. The van der Waals surface area contributed by atoms with E-state index < -0.39 is 0 Å². The third-order valence-electron chi connectivity index (χ3n) is 2.97. The maximum absolute atomic E-state index is 5.54. The highest BCUT2D eigenvalue weighted by molar-refractivity contribution is 5.80. The van der Waals surface area contributed by atoms with E-state index in [2.05, 4.69) is 42.0 Å². The van der Waals surface area contributed by atoms with E-state index in [-0.39, 0.29) is 0 Å². The molecule has 1 aromatic heterocycles. The average molecular weight is 216 g/mol. The Morgan fingerprint density at radius 3 is 2.88 bits per heavy atom. The standard InChI is InChI=1S/C14H20N2/c1-2-9-16-10-7-13-6-5-12(4-3-8-15)11-14(13)16/h5-7,10-11H,2-4,8-9,15H2,1H3. The predicted molar refractivity (Wildman–Crippen MR) is 69.6 cm³/mol. The minimum absolute atomic E-state index is 0.772. The molecule has 0 radical (unpaired) electrons. The van der Waals surface area contributed by atoms with Crippen LogP contribution in [0.4, 0.5) is 0 Å². The molecule has 1 heterocycles. The SMILES string of the molecule is CCCn1ccc2ccc(CCCN)cc21. The molecule has 0 amide bonds. The third kappa shape index (κ3) is 2.27. The van der Waals surface area contributed by atoms with Gasteiger partial charge in [-0.1, -0.05) is 19.1 Å². The molecule has 0 aliphatic heterocycles. The third-order valence-corrected chi connectivity index (χ3v) is 2.97. The summed E-state index contributed by atoms with van der Waals surface area (Å²) in [7, 11) is 0. The topological polar surface area (TPSA) is 30.9 Å². The highest BCUT2D eigenvalue weighted by Gasteiger charge is 2.01. The number of benzene rings is 1. The molecule has 0 spiro atoms. The van der Waals surface area contributed by atoms with Crippen molar-refractivity contribution in [2.75, 3.05) is 6.54 Å². The Bertz CT molecular complexity index is 457. The molecule has 1 aromatic carbocycles. The summed E-state index contributed by atoms with van der Waals surface area (Å²) in [5.41, 5.74) is 8.30. The minimum atomic E-state index is 0.772. The van der Waals surface area contributed by atoms with Crippen molar-refractivity contribution in [3.8, 4) is 0 Å². The lowest BCUT2D eigenvalue weighted by atomic mass is 10.1. The van der Waals surface area contributed by atoms with Crippen LogP contribution in [-0.4, -0.2) is 11.1 Å². The van der Waals surface area contributed by atoms with Gasteiger partial charge in [0.1, 0.15) is 0 Å². The summed E-state index contributed by atoms with van der Waals surface area (Å²) in [4.78, 5) is 0. The van der Waals surface area contributed by atoms with Gasteiger partial charge in [0.15, 0.2) is 0 Å². The number of rotatable bonds is 5. The van der Waals surface area contributed by atoms with E-state index in [4.69, 9.17) is 5.73 Å². The Kier molecular flexibility index (Phi) is 3.62. The molecule has 0 fully saturated rings. The van der Waals surface area contributed by atoms with E-state index >= 15 is 0 Å². The van der Waals surface area contributed by atoms with Crippen LogP contribution in [0.25, 0.3) is 10.9 Å². The fourth-order valence-corrected chi connectivity index (χ4v) is 2.13. The summed E-state index contributed by atoms with van der Waals surface area (Å²) in [6, 6.07) is 8.93. The van der Waals surface area contributed by atoms with Gasteiger partial charge in [0.25, 0.3) is 0 Å². The molecule has 0 bridgehead atoms. The summed E-state index contributed by atoms with van der Waals surface area (Å²) in [6.45, 7) is 4.09. The van der Waals surface area contributed by atoms with Crippen LogP contribution >= 0.6 is 0 Å². The summed E-state index contributed by atoms with van der Waals surface area (Å²) in [6.07, 6.45) is 5.52. The molecular formula is C14H20N2. The first-order chi connectivity index (χ1) is 7.85. The molecule has 2 heteroatoms. The Morgan fingerprint density at radius 1 is 1.25 bits per heavy atom. The van der Waals surface area contributed by atoms with Crippen molar-refractivity contribution < 1.29 is 0 Å². The van der Waals surface area contributed by atoms with Crippen LogP contribution in [0.3, 0.4) is 0 Å². The highest BCUT2D eigenvalue weighted by Crippen LogP contribution is 2.18. The summed E-state index contributed by atoms with van der Waals surface area (Å²) >= 11 is 0. The van der Waals surface area contributed by atoms with Crippen LogP contribution in [0.1, 0.15) is 25.3 Å². The number of aryl methyl sites for hydroxylation is 2. The lowest BCUT2D eigenvalue weighted by molar-refractivity contribution is 0.703. The van der Waals surface area contributed by atoms with Crippen molar-refractivity contribution in [1.82, 2.24) is 4.57 Å². The second-order valence-corrected chi connectivity index (χ2v) is 4.29. The van der Waals surface area contributed by atoms with E-state index in [1.807, 2.05) is 0 Å². The zero-order chi connectivity index (χ0) is 11.4. The van der Waals surface area contributed by atoms with Gasteiger partial charge in [-0.05, 0) is 48.9 Å². The zero-order valence-corrected chi connectivity index (χ0v) is 9.95. The summed E-state index contributed by atoms with van der Waals surface area (Å²) < 4.78 is 2.33. The van der Waals surface area contributed by atoms with E-state index in [9.17, 15) is 0 Å². The molecule has 2 N–H and O–H groups in total. The molecule has 86 valence electrons. The average Bonchev–Trinajstić information content (AvgIpc) is 2.70. The van der Waals surface area contributed by atoms with Crippen LogP contribution in [0, 0.1) is 0 Å². The molecule has 2 aromatic rings. The second kappa shape index (κ2) is 5.17. The fourth-order valence-electron chi connectivity index (χ4n) is 2.13. The van der Waals surface area contributed by atoms with Crippen LogP contribution in [0.15, 0.2) is 30.5 Å². The first kappa shape index (κ1) is 11.2. The van der Waals surface area contributed by atoms with Crippen LogP contribution < -0.4 is 5.73 Å². The van der Waals surface area contributed by atoms with Crippen molar-refractivity contribution in [3.63, 3.8) is 0 Å². The lowest BCUT2D eigenvalue weighted by Gasteiger charge is -2.05. The van der Waals surface area contributed by atoms with Crippen LogP contribution in [0.5, 0.6) is 0 Å². The molecule has 0 unspecified atom stereocenters. The number of aromatic nitrogens is 1. The minimum Gasteiger partial charge on any atom is -0.347 e. The largest absolute Gasteiger partial charge is 0.347 e. The normalized spacial score (nSPS) is 11.1. The van der Waals surface area contributed by atoms with Crippen molar-refractivity contribution in [2.45, 2.75) is 32.7 Å². The molecule has 0 saturated heterocycles. The number of nitrogens with two attached hydrogens (primary N) is 1. The van der Waals surface area contributed by atoms with Gasteiger partial charge < -0.3 is 10.3 Å². The number of fused-ring (bicyclic) bond motifs is 1. The maximum atomic E-state index is 5.54. The highest BCUT2D eigenvalue weighted by atomic mass is 14.9. The monoisotopic (exact) mass is 216 g/mol. The molecule has 0 saturated carbocycles. The number of nitrogens with zero attached hydrogens (tertiary/aromatic N) is 1. The smallest absolute Gasteiger partial charge is 0.0483 e. The van der Waals surface area contributed by atoms with Gasteiger partial charge in [0.2, 0.25) is 0 Å². The van der Waals surface area contributed by atoms with Gasteiger partial charge in [-0.2, -0.15) is 0 Å². The van der Waals surface area contributed by atoms with Crippen molar-refractivity contribution in [2.24, 2.45) is 5.73 Å². The Labute approximate surface area is 97.1 Å². The molecular weight excluding hydrogens is 196 g/mol. The molecule has 16 heavy (non-hydrogen) atoms. The van der Waals surface area contributed by atoms with E-state index in [1.165, 1.54) is 22.9 Å². The van der Waals surface area contributed by atoms with Crippen LogP contribution in [-0.2, 0) is 13.0 Å². The van der Waals surface area contributed by atoms with E-state index in [1.54, 1.807) is 0 Å². The molecule has 0 atom stereocenters. The van der Waals surface area contributed by atoms with E-state index in [0.29, 0.717) is 0 Å². The van der Waals surface area contributed by atoms with Gasteiger partial charge in [0, 0.05) is 18.3 Å². The first-order valence-electron chi connectivity index (χ1n) is 6.13. The van der Waals surface area contributed by atoms with Gasteiger partial charge in [0.05, 0.1) is 0 Å². The summed E-state index contributed by atoms with van der Waals surface area (Å²) in [5, 5.41) is 1.34. The molecule has 0 aliphatic carbocycles. The van der Waals surface area contributed by atoms with Gasteiger partial charge >= 0.3 is 0 Å². The van der Waals surface area contributed by atoms with Crippen molar-refractivity contribution >= 4 is 10.9 Å². The van der Waals surface area contributed by atoms with Crippen molar-refractivity contribution in [1.29, 1.82) is 0 Å². The fraction of sp³-hybridized carbons (Fsp3) is 0.429. The zero-order valence-electron chi connectivity index (χ0n) is 9.95. The molecule has 0 aliphatic rings. The van der Waals surface area contributed by atoms with Gasteiger partial charge in [-0.3, -0.25) is 0 Å². The van der Waals surface area contributed by atoms with Crippen molar-refractivity contribution in [3.05, 3.63) is 36.0 Å². The number of hydrogen-bond donors (Lipinski definition) is 1. The Morgan fingerprint density at radius 2 is 2.12 bits per heavy atom. The van der Waals surface area contributed by atoms with E-state index in [0.717, 1.165) is 25.9 Å². The molecule has 2 nitrogen and oxygen atoms in total. The quantitative estimate of drug-likeness (QED) is 0.818. The first-order valence-corrected chi connectivity index (χ1v) is 6.13. The second-order valence-electron chi connectivity index (χ2n) is 4.29.